The van der Waals surface area contributed by atoms with Crippen molar-refractivity contribution in [2.45, 2.75) is 30.1 Å². The molecule has 6 nitrogen and oxygen atoms in total. The van der Waals surface area contributed by atoms with Crippen molar-refractivity contribution in [3.63, 3.8) is 0 Å². The average molecular weight is 327 g/mol. The second-order valence-electron chi connectivity index (χ2n) is 4.17. The van der Waals surface area contributed by atoms with Crippen LogP contribution in [-0.2, 0) is 21.0 Å². The van der Waals surface area contributed by atoms with Gasteiger partial charge in [-0.05, 0) is 19.1 Å². The Hall–Kier alpha value is -1.65. The first-order chi connectivity index (χ1) is 9.47. The van der Waals surface area contributed by atoms with Gasteiger partial charge in [-0.2, -0.15) is 17.9 Å². The zero-order valence-corrected chi connectivity index (χ0v) is 11.4. The minimum Gasteiger partial charge on any atom is -0.480 e. The highest BCUT2D eigenvalue weighted by Crippen LogP contribution is 2.33. The van der Waals surface area contributed by atoms with E-state index in [4.69, 9.17) is 5.11 Å². The van der Waals surface area contributed by atoms with E-state index in [-0.39, 0.29) is 0 Å². The van der Waals surface area contributed by atoms with Gasteiger partial charge in [0, 0.05) is 0 Å². The number of aliphatic hydroxyl groups is 1. The summed E-state index contributed by atoms with van der Waals surface area (Å²) in [4.78, 5) is 9.72. The van der Waals surface area contributed by atoms with Crippen LogP contribution >= 0.6 is 0 Å². The minimum absolute atomic E-state index is 0.562. The van der Waals surface area contributed by atoms with Crippen molar-refractivity contribution in [2.24, 2.45) is 0 Å². The molecule has 0 unspecified atom stereocenters. The molecule has 0 heterocycles. The highest BCUT2D eigenvalue weighted by atomic mass is 32.2. The van der Waals surface area contributed by atoms with Crippen molar-refractivity contribution in [1.82, 2.24) is 4.72 Å². The van der Waals surface area contributed by atoms with Gasteiger partial charge < -0.3 is 10.2 Å². The summed E-state index contributed by atoms with van der Waals surface area (Å²) in [5.74, 6) is -1.71. The van der Waals surface area contributed by atoms with Crippen molar-refractivity contribution in [3.05, 3.63) is 29.8 Å². The van der Waals surface area contributed by atoms with Gasteiger partial charge in [0.05, 0.1) is 16.6 Å². The van der Waals surface area contributed by atoms with Gasteiger partial charge in [0.15, 0.2) is 0 Å². The van der Waals surface area contributed by atoms with Crippen LogP contribution in [0.1, 0.15) is 12.5 Å². The smallest absolute Gasteiger partial charge is 0.417 e. The molecule has 0 fully saturated rings. The number of rotatable bonds is 5. The first-order valence-electron chi connectivity index (χ1n) is 5.56. The fourth-order valence-electron chi connectivity index (χ4n) is 1.52. The molecule has 0 saturated heterocycles. The lowest BCUT2D eigenvalue weighted by Gasteiger charge is -2.19. The summed E-state index contributed by atoms with van der Waals surface area (Å²) in [6.45, 7) is 0.997. The zero-order chi connectivity index (χ0) is 16.4. The number of aliphatic hydroxyl groups excluding tert-OH is 1. The third kappa shape index (κ3) is 4.16. The van der Waals surface area contributed by atoms with E-state index in [0.29, 0.717) is 12.1 Å². The zero-order valence-electron chi connectivity index (χ0n) is 10.6. The second-order valence-corrected chi connectivity index (χ2v) is 5.85. The summed E-state index contributed by atoms with van der Waals surface area (Å²) >= 11 is 0. The van der Waals surface area contributed by atoms with Crippen molar-refractivity contribution in [2.75, 3.05) is 0 Å². The molecule has 3 N–H and O–H groups in total. The van der Waals surface area contributed by atoms with Crippen molar-refractivity contribution < 1.29 is 36.6 Å². The van der Waals surface area contributed by atoms with Crippen LogP contribution in [0.15, 0.2) is 29.2 Å². The molecule has 0 aliphatic heterocycles. The number of hydrogen-bond donors (Lipinski definition) is 3. The predicted molar refractivity (Wildman–Crippen MR) is 64.9 cm³/mol. The molecule has 2 atom stereocenters. The molecule has 1 aromatic carbocycles. The van der Waals surface area contributed by atoms with E-state index in [1.54, 1.807) is 4.72 Å². The molecular weight excluding hydrogens is 315 g/mol. The number of carbonyl (C=O) groups is 1. The van der Waals surface area contributed by atoms with Crippen LogP contribution in [0.4, 0.5) is 13.2 Å². The number of halogens is 3. The van der Waals surface area contributed by atoms with E-state index in [1.165, 1.54) is 0 Å². The number of nitrogens with one attached hydrogen (secondary N) is 1. The van der Waals surface area contributed by atoms with Crippen LogP contribution in [-0.4, -0.2) is 36.7 Å². The van der Waals surface area contributed by atoms with Gasteiger partial charge in [0.2, 0.25) is 10.0 Å². The Labute approximate surface area is 118 Å². The fourth-order valence-corrected chi connectivity index (χ4v) is 3.01. The van der Waals surface area contributed by atoms with Gasteiger partial charge >= 0.3 is 12.1 Å². The van der Waals surface area contributed by atoms with Crippen molar-refractivity contribution >= 4 is 16.0 Å². The monoisotopic (exact) mass is 327 g/mol. The first-order valence-corrected chi connectivity index (χ1v) is 7.04. The van der Waals surface area contributed by atoms with Gasteiger partial charge in [-0.3, -0.25) is 4.79 Å². The lowest BCUT2D eigenvalue weighted by molar-refractivity contribution is -0.141. The third-order valence-corrected chi connectivity index (χ3v) is 4.01. The summed E-state index contributed by atoms with van der Waals surface area (Å²) in [5, 5.41) is 18.0. The predicted octanol–water partition coefficient (Wildman–Crippen LogP) is 0.818. The van der Waals surface area contributed by atoms with Crippen LogP contribution in [0.25, 0.3) is 0 Å². The lowest BCUT2D eigenvalue weighted by atomic mass is 10.2. The third-order valence-electron chi connectivity index (χ3n) is 2.51. The fraction of sp³-hybridized carbons (Fsp3) is 0.364. The highest BCUT2D eigenvalue weighted by Gasteiger charge is 2.38. The van der Waals surface area contributed by atoms with E-state index >= 15 is 0 Å². The van der Waals surface area contributed by atoms with Crippen LogP contribution in [0, 0.1) is 0 Å². The van der Waals surface area contributed by atoms with Crippen LogP contribution in [0.3, 0.4) is 0 Å². The van der Waals surface area contributed by atoms with E-state index in [9.17, 15) is 31.5 Å². The number of hydrogen-bond acceptors (Lipinski definition) is 4. The second kappa shape index (κ2) is 6.00. The molecule has 0 aliphatic rings. The quantitative estimate of drug-likeness (QED) is 0.743. The molecule has 0 amide bonds. The van der Waals surface area contributed by atoms with Crippen molar-refractivity contribution in [1.29, 1.82) is 0 Å². The minimum atomic E-state index is -4.92. The number of benzene rings is 1. The molecule has 1 rings (SSSR count). The summed E-state index contributed by atoms with van der Waals surface area (Å²) in [7, 11) is -4.77. The van der Waals surface area contributed by atoms with Crippen LogP contribution in [0.2, 0.25) is 0 Å². The van der Waals surface area contributed by atoms with Gasteiger partial charge in [-0.25, -0.2) is 8.42 Å². The number of aliphatic carboxylic acids is 1. The maximum absolute atomic E-state index is 12.8. The van der Waals surface area contributed by atoms with E-state index < -0.39 is 44.8 Å². The lowest BCUT2D eigenvalue weighted by Crippen LogP contribution is -2.47. The van der Waals surface area contributed by atoms with Crippen LogP contribution in [0.5, 0.6) is 0 Å². The van der Waals surface area contributed by atoms with Gasteiger partial charge in [0.25, 0.3) is 0 Å². The van der Waals surface area contributed by atoms with Crippen molar-refractivity contribution in [3.8, 4) is 0 Å². The molecule has 0 spiro atoms. The Morgan fingerprint density at radius 1 is 1.29 bits per heavy atom. The molecule has 0 bridgehead atoms. The maximum Gasteiger partial charge on any atom is 0.417 e. The highest BCUT2D eigenvalue weighted by molar-refractivity contribution is 7.89. The van der Waals surface area contributed by atoms with Crippen LogP contribution < -0.4 is 4.72 Å². The topological polar surface area (TPSA) is 104 Å². The normalized spacial score (nSPS) is 15.5. The summed E-state index contributed by atoms with van der Waals surface area (Å²) in [6, 6.07) is 1.38. The van der Waals surface area contributed by atoms with E-state index in [2.05, 4.69) is 0 Å². The van der Waals surface area contributed by atoms with Gasteiger partial charge in [-0.1, -0.05) is 12.1 Å². The molecule has 0 aromatic heterocycles. The van der Waals surface area contributed by atoms with E-state index in [0.717, 1.165) is 19.1 Å². The molecule has 21 heavy (non-hydrogen) atoms. The Balaban J connectivity index is 3.30. The molecule has 0 radical (unpaired) electrons. The summed E-state index contributed by atoms with van der Waals surface area (Å²) in [5.41, 5.74) is -1.42. The van der Waals surface area contributed by atoms with Gasteiger partial charge in [-0.15, -0.1) is 0 Å². The first kappa shape index (κ1) is 17.4. The summed E-state index contributed by atoms with van der Waals surface area (Å²) in [6.07, 6.45) is -6.55. The molecule has 0 saturated carbocycles. The number of sulfonamides is 1. The molecule has 1 aromatic rings. The van der Waals surface area contributed by atoms with Gasteiger partial charge in [0.1, 0.15) is 6.04 Å². The number of carboxylic acid groups (broad SMARTS) is 1. The Morgan fingerprint density at radius 2 is 1.81 bits per heavy atom. The SMILES string of the molecule is C[C@@H](O)[C@H](NS(=O)(=O)c1ccccc1C(F)(F)F)C(=O)O. The Kier molecular flexibility index (Phi) is 4.97. The Morgan fingerprint density at radius 3 is 2.24 bits per heavy atom. The molecule has 0 aliphatic carbocycles. The molecule has 118 valence electrons. The molecule has 10 heteroatoms. The maximum atomic E-state index is 12.8. The average Bonchev–Trinajstić information content (AvgIpc) is 2.34. The number of carboxylic acids is 1. The Bertz CT molecular complexity index is 627. The van der Waals surface area contributed by atoms with E-state index in [1.807, 2.05) is 0 Å². The molecular formula is C11H12F3NO5S. The largest absolute Gasteiger partial charge is 0.480 e. The standard InChI is InChI=1S/C11H12F3NO5S/c1-6(16)9(10(17)18)15-21(19,20)8-5-3-2-4-7(8)11(12,13)14/h2-6,9,15-16H,1H3,(H,17,18)/t6-,9+/m1/s1. The summed E-state index contributed by atoms with van der Waals surface area (Å²) < 4.78 is 63.7. The number of alkyl halides is 3.